The molecule has 1 aromatic carbocycles. The zero-order valence-corrected chi connectivity index (χ0v) is 17.1. The quantitative estimate of drug-likeness (QED) is 0.720. The van der Waals surface area contributed by atoms with E-state index in [2.05, 4.69) is 46.8 Å². The molecular formula is C22H28O3S. The molecule has 0 spiro atoms. The van der Waals surface area contributed by atoms with E-state index in [9.17, 15) is 9.90 Å². The summed E-state index contributed by atoms with van der Waals surface area (Å²) in [5.74, 6) is -0.249. The maximum atomic E-state index is 12.1. The molecule has 140 valence electrons. The monoisotopic (exact) mass is 372 g/mol. The molecule has 2 aromatic rings. The number of ether oxygens (including phenoxy) is 1. The molecule has 0 bridgehead atoms. The zero-order valence-electron chi connectivity index (χ0n) is 16.3. The van der Waals surface area contributed by atoms with Gasteiger partial charge in [-0.25, -0.2) is 0 Å². The summed E-state index contributed by atoms with van der Waals surface area (Å²) in [5.41, 5.74) is 4.40. The second-order valence-corrected chi connectivity index (χ2v) is 9.86. The van der Waals surface area contributed by atoms with Gasteiger partial charge in [-0.2, -0.15) is 0 Å². The van der Waals surface area contributed by atoms with Crippen molar-refractivity contribution in [1.29, 1.82) is 0 Å². The molecule has 0 amide bonds. The molecule has 1 aliphatic heterocycles. The Bertz CT molecular complexity index is 827. The molecule has 0 fully saturated rings. The molecule has 4 heteroatoms. The first-order valence-electron chi connectivity index (χ1n) is 9.26. The summed E-state index contributed by atoms with van der Waals surface area (Å²) >= 11 is 1.71. The van der Waals surface area contributed by atoms with Gasteiger partial charge in [0.15, 0.2) is 0 Å². The molecule has 3 nitrogen and oxygen atoms in total. The lowest BCUT2D eigenvalue weighted by molar-refractivity contribution is -0.139. The third-order valence-electron chi connectivity index (χ3n) is 4.97. The highest BCUT2D eigenvalue weighted by Gasteiger charge is 2.32. The zero-order chi connectivity index (χ0) is 19.1. The Hall–Kier alpha value is -1.81. The van der Waals surface area contributed by atoms with E-state index in [1.54, 1.807) is 11.3 Å². The molecule has 3 rings (SSSR count). The van der Waals surface area contributed by atoms with Crippen LogP contribution in [-0.4, -0.2) is 17.7 Å². The van der Waals surface area contributed by atoms with Crippen molar-refractivity contribution in [3.8, 4) is 16.9 Å². The highest BCUT2D eigenvalue weighted by molar-refractivity contribution is 7.12. The van der Waals surface area contributed by atoms with Gasteiger partial charge in [-0.1, -0.05) is 26.8 Å². The molecule has 1 N–H and O–H groups in total. The Morgan fingerprint density at radius 2 is 2.00 bits per heavy atom. The molecule has 1 unspecified atom stereocenters. The maximum absolute atomic E-state index is 12.1. The number of thiophene rings is 1. The van der Waals surface area contributed by atoms with Crippen molar-refractivity contribution in [2.24, 2.45) is 5.41 Å². The van der Waals surface area contributed by atoms with E-state index in [4.69, 9.17) is 4.74 Å². The van der Waals surface area contributed by atoms with E-state index < -0.39 is 11.9 Å². The Morgan fingerprint density at radius 3 is 2.65 bits per heavy atom. The number of aryl methyl sites for hydroxylation is 3. The third kappa shape index (κ3) is 3.80. The molecule has 1 aliphatic rings. The van der Waals surface area contributed by atoms with Crippen molar-refractivity contribution >= 4 is 17.3 Å². The van der Waals surface area contributed by atoms with Crippen molar-refractivity contribution in [1.82, 2.24) is 0 Å². The Kier molecular flexibility index (Phi) is 5.16. The highest BCUT2D eigenvalue weighted by Crippen LogP contribution is 2.45. The molecule has 0 saturated heterocycles. The van der Waals surface area contributed by atoms with Crippen LogP contribution in [0.25, 0.3) is 11.1 Å². The predicted molar refractivity (Wildman–Crippen MR) is 107 cm³/mol. The van der Waals surface area contributed by atoms with E-state index in [0.29, 0.717) is 6.42 Å². The summed E-state index contributed by atoms with van der Waals surface area (Å²) < 4.78 is 5.74. The summed E-state index contributed by atoms with van der Waals surface area (Å²) in [6.07, 6.45) is 2.68. The average Bonchev–Trinajstić information content (AvgIpc) is 2.85. The smallest absolute Gasteiger partial charge is 0.311 e. The first-order valence-corrected chi connectivity index (χ1v) is 10.1. The molecule has 0 aliphatic carbocycles. The van der Waals surface area contributed by atoms with Gasteiger partial charge < -0.3 is 9.84 Å². The molecular weight excluding hydrogens is 344 g/mol. The minimum atomic E-state index is -0.733. The lowest BCUT2D eigenvalue weighted by Gasteiger charge is -2.25. The standard InChI is InChI=1S/C22H28O3S/c1-13-19(16-8-9-18-15(11-16)7-6-10-25-18)20(14(2)26-13)17(21(23)24)12-22(3,4)5/h8-9,11,17H,6-7,10,12H2,1-5H3,(H,23,24). The van der Waals surface area contributed by atoms with Crippen LogP contribution in [0.4, 0.5) is 0 Å². The summed E-state index contributed by atoms with van der Waals surface area (Å²) in [6.45, 7) is 11.2. The Balaban J connectivity index is 2.12. The van der Waals surface area contributed by atoms with Crippen molar-refractivity contribution in [3.05, 3.63) is 39.1 Å². The molecule has 1 aromatic heterocycles. The first kappa shape index (κ1) is 19.0. The molecule has 0 radical (unpaired) electrons. The second-order valence-electron chi connectivity index (χ2n) is 8.43. The molecule has 0 saturated carbocycles. The van der Waals surface area contributed by atoms with Gasteiger partial charge in [0.2, 0.25) is 0 Å². The number of benzene rings is 1. The maximum Gasteiger partial charge on any atom is 0.311 e. The fraction of sp³-hybridized carbons (Fsp3) is 0.500. The summed E-state index contributed by atoms with van der Waals surface area (Å²) in [5, 5.41) is 9.97. The van der Waals surface area contributed by atoms with E-state index in [0.717, 1.165) is 46.8 Å². The van der Waals surface area contributed by atoms with Gasteiger partial charge in [-0.3, -0.25) is 4.79 Å². The van der Waals surface area contributed by atoms with Crippen LogP contribution in [0.3, 0.4) is 0 Å². The Labute approximate surface area is 160 Å². The van der Waals surface area contributed by atoms with E-state index in [-0.39, 0.29) is 5.41 Å². The number of carbonyl (C=O) groups is 1. The number of aliphatic carboxylic acids is 1. The molecule has 26 heavy (non-hydrogen) atoms. The van der Waals surface area contributed by atoms with Crippen molar-refractivity contribution in [2.75, 3.05) is 6.61 Å². The van der Waals surface area contributed by atoms with Crippen LogP contribution in [-0.2, 0) is 11.2 Å². The summed E-state index contributed by atoms with van der Waals surface area (Å²) in [6, 6.07) is 6.32. The van der Waals surface area contributed by atoms with Crippen LogP contribution in [0.15, 0.2) is 18.2 Å². The van der Waals surface area contributed by atoms with Crippen LogP contribution in [0.1, 0.15) is 60.4 Å². The average molecular weight is 373 g/mol. The van der Waals surface area contributed by atoms with E-state index >= 15 is 0 Å². The molecule has 1 atom stereocenters. The van der Waals surface area contributed by atoms with Gasteiger partial charge >= 0.3 is 5.97 Å². The van der Waals surface area contributed by atoms with Crippen LogP contribution >= 0.6 is 11.3 Å². The number of carboxylic acid groups (broad SMARTS) is 1. The number of rotatable bonds is 4. The highest BCUT2D eigenvalue weighted by atomic mass is 32.1. The number of fused-ring (bicyclic) bond motifs is 1. The first-order chi connectivity index (χ1) is 12.2. The van der Waals surface area contributed by atoms with Gasteiger partial charge in [0.25, 0.3) is 0 Å². The fourth-order valence-corrected chi connectivity index (χ4v) is 5.06. The fourth-order valence-electron chi connectivity index (χ4n) is 3.92. The third-order valence-corrected chi connectivity index (χ3v) is 6.00. The van der Waals surface area contributed by atoms with E-state index in [1.807, 2.05) is 6.07 Å². The minimum Gasteiger partial charge on any atom is -0.493 e. The largest absolute Gasteiger partial charge is 0.493 e. The van der Waals surface area contributed by atoms with Gasteiger partial charge in [0, 0.05) is 9.75 Å². The van der Waals surface area contributed by atoms with Gasteiger partial charge in [-0.05, 0) is 72.9 Å². The second kappa shape index (κ2) is 7.07. The summed E-state index contributed by atoms with van der Waals surface area (Å²) in [4.78, 5) is 14.4. The SMILES string of the molecule is Cc1sc(C)c(C(CC(C)(C)C)C(=O)O)c1-c1ccc2c(c1)CCCO2. The topological polar surface area (TPSA) is 46.5 Å². The van der Waals surface area contributed by atoms with Crippen LogP contribution in [0.5, 0.6) is 5.75 Å². The number of carboxylic acids is 1. The van der Waals surface area contributed by atoms with Gasteiger partial charge in [0.05, 0.1) is 12.5 Å². The minimum absolute atomic E-state index is 0.0493. The predicted octanol–water partition coefficient (Wildman–Crippen LogP) is 5.96. The molecule has 2 heterocycles. The lowest BCUT2D eigenvalue weighted by atomic mass is 9.79. The van der Waals surface area contributed by atoms with Crippen LogP contribution in [0, 0.1) is 19.3 Å². The van der Waals surface area contributed by atoms with Crippen LogP contribution < -0.4 is 4.74 Å². The number of hydrogen-bond donors (Lipinski definition) is 1. The Morgan fingerprint density at radius 1 is 1.27 bits per heavy atom. The number of hydrogen-bond acceptors (Lipinski definition) is 3. The van der Waals surface area contributed by atoms with E-state index in [1.165, 1.54) is 10.4 Å². The van der Waals surface area contributed by atoms with Crippen molar-refractivity contribution in [3.63, 3.8) is 0 Å². The van der Waals surface area contributed by atoms with Gasteiger partial charge in [0.1, 0.15) is 5.75 Å². The van der Waals surface area contributed by atoms with Crippen LogP contribution in [0.2, 0.25) is 0 Å². The van der Waals surface area contributed by atoms with Crippen molar-refractivity contribution < 1.29 is 14.6 Å². The lowest BCUT2D eigenvalue weighted by Crippen LogP contribution is -2.20. The normalized spacial score (nSPS) is 15.3. The summed E-state index contributed by atoms with van der Waals surface area (Å²) in [7, 11) is 0. The van der Waals surface area contributed by atoms with Gasteiger partial charge in [-0.15, -0.1) is 11.3 Å². The van der Waals surface area contributed by atoms with Crippen molar-refractivity contribution in [2.45, 2.75) is 59.8 Å².